The minimum absolute atomic E-state index is 0.125. The molecular weight excluding hydrogens is 232 g/mol. The molecule has 0 bridgehead atoms. The molecule has 2 unspecified atom stereocenters. The zero-order valence-electron chi connectivity index (χ0n) is 11.4. The molecule has 3 atom stereocenters. The molecule has 1 aliphatic rings. The Kier molecular flexibility index (Phi) is 5.44. The number of hydrogen-bond donors (Lipinski definition) is 3. The number of urea groups is 1. The quantitative estimate of drug-likeness (QED) is 0.702. The van der Waals surface area contributed by atoms with Crippen molar-refractivity contribution in [3.8, 4) is 0 Å². The topological polar surface area (TPSA) is 78.4 Å². The fraction of sp³-hybridized carbons (Fsp3) is 0.846. The highest BCUT2D eigenvalue weighted by Gasteiger charge is 2.25. The Balaban J connectivity index is 2.30. The smallest absolute Gasteiger partial charge is 0.326 e. The highest BCUT2D eigenvalue weighted by Crippen LogP contribution is 2.29. The van der Waals surface area contributed by atoms with Crippen LogP contribution in [0.1, 0.15) is 40.0 Å². The molecule has 1 rings (SSSR count). The molecular formula is C13H24N2O3. The fourth-order valence-corrected chi connectivity index (χ4v) is 2.45. The zero-order valence-corrected chi connectivity index (χ0v) is 11.4. The normalized spacial score (nSPS) is 24.9. The third-order valence-electron chi connectivity index (χ3n) is 3.57. The average molecular weight is 256 g/mol. The van der Waals surface area contributed by atoms with E-state index in [1.54, 1.807) is 13.8 Å². The number of carboxylic acids is 1. The van der Waals surface area contributed by atoms with E-state index in [1.165, 1.54) is 6.42 Å². The molecule has 0 spiro atoms. The molecule has 1 fully saturated rings. The van der Waals surface area contributed by atoms with Gasteiger partial charge in [0.25, 0.3) is 0 Å². The first kappa shape index (κ1) is 14.8. The minimum Gasteiger partial charge on any atom is -0.480 e. The van der Waals surface area contributed by atoms with Crippen LogP contribution in [0.5, 0.6) is 0 Å². The molecule has 0 aliphatic heterocycles. The monoisotopic (exact) mass is 256 g/mol. The number of aliphatic carboxylic acids is 1. The first-order valence-corrected chi connectivity index (χ1v) is 6.67. The van der Waals surface area contributed by atoms with Gasteiger partial charge >= 0.3 is 12.0 Å². The summed E-state index contributed by atoms with van der Waals surface area (Å²) in [7, 11) is 0. The number of carbonyl (C=O) groups excluding carboxylic acids is 1. The SMILES string of the molecule is CC1CCC(CNC(=O)N[C@H](C(=O)O)C(C)C)C1. The van der Waals surface area contributed by atoms with Gasteiger partial charge in [-0.05, 0) is 30.6 Å². The van der Waals surface area contributed by atoms with Crippen molar-refractivity contribution in [3.05, 3.63) is 0 Å². The van der Waals surface area contributed by atoms with E-state index in [9.17, 15) is 9.59 Å². The summed E-state index contributed by atoms with van der Waals surface area (Å²) in [5.74, 6) is 0.157. The fourth-order valence-electron chi connectivity index (χ4n) is 2.45. The molecule has 0 saturated heterocycles. The second-order valence-corrected chi connectivity index (χ2v) is 5.70. The lowest BCUT2D eigenvalue weighted by Gasteiger charge is -2.19. The Morgan fingerprint density at radius 3 is 2.44 bits per heavy atom. The molecule has 5 heteroatoms. The first-order chi connectivity index (χ1) is 8.40. The van der Waals surface area contributed by atoms with Crippen LogP contribution in [0.2, 0.25) is 0 Å². The predicted molar refractivity (Wildman–Crippen MR) is 69.3 cm³/mol. The van der Waals surface area contributed by atoms with Crippen molar-refractivity contribution >= 4 is 12.0 Å². The van der Waals surface area contributed by atoms with Gasteiger partial charge in [0.1, 0.15) is 6.04 Å². The number of carbonyl (C=O) groups is 2. The molecule has 0 heterocycles. The number of rotatable bonds is 5. The first-order valence-electron chi connectivity index (χ1n) is 6.67. The molecule has 1 aliphatic carbocycles. The third-order valence-corrected chi connectivity index (χ3v) is 3.57. The van der Waals surface area contributed by atoms with Crippen molar-refractivity contribution in [2.45, 2.75) is 46.1 Å². The van der Waals surface area contributed by atoms with Crippen molar-refractivity contribution in [2.75, 3.05) is 6.54 Å². The standard InChI is InChI=1S/C13H24N2O3/c1-8(2)11(12(16)17)15-13(18)14-7-10-5-4-9(3)6-10/h8-11H,4-7H2,1-3H3,(H,16,17)(H2,14,15,18)/t9?,10?,11-/m0/s1. The molecule has 0 aromatic heterocycles. The Morgan fingerprint density at radius 1 is 1.33 bits per heavy atom. The van der Waals surface area contributed by atoms with E-state index < -0.39 is 12.0 Å². The molecule has 2 amide bonds. The molecule has 1 saturated carbocycles. The van der Waals surface area contributed by atoms with Crippen LogP contribution in [0, 0.1) is 17.8 Å². The summed E-state index contributed by atoms with van der Waals surface area (Å²) in [6.07, 6.45) is 3.51. The zero-order chi connectivity index (χ0) is 13.7. The Bertz CT molecular complexity index is 305. The summed E-state index contributed by atoms with van der Waals surface area (Å²) in [5.41, 5.74) is 0. The highest BCUT2D eigenvalue weighted by molar-refractivity contribution is 5.82. The summed E-state index contributed by atoms with van der Waals surface area (Å²) in [4.78, 5) is 22.6. The van der Waals surface area contributed by atoms with Crippen molar-refractivity contribution in [2.24, 2.45) is 17.8 Å². The molecule has 5 nitrogen and oxygen atoms in total. The van der Waals surface area contributed by atoms with Crippen LogP contribution < -0.4 is 10.6 Å². The van der Waals surface area contributed by atoms with Gasteiger partial charge in [-0.25, -0.2) is 9.59 Å². The van der Waals surface area contributed by atoms with Gasteiger partial charge in [-0.1, -0.05) is 27.2 Å². The van der Waals surface area contributed by atoms with Crippen LogP contribution in [0.25, 0.3) is 0 Å². The molecule has 104 valence electrons. The van der Waals surface area contributed by atoms with Crippen LogP contribution in [-0.4, -0.2) is 29.7 Å². The Hall–Kier alpha value is -1.26. The molecule has 3 N–H and O–H groups in total. The summed E-state index contributed by atoms with van der Waals surface area (Å²) in [6.45, 7) is 6.41. The summed E-state index contributed by atoms with van der Waals surface area (Å²) >= 11 is 0. The summed E-state index contributed by atoms with van der Waals surface area (Å²) < 4.78 is 0. The van der Waals surface area contributed by atoms with Crippen LogP contribution in [-0.2, 0) is 4.79 Å². The number of hydrogen-bond acceptors (Lipinski definition) is 2. The predicted octanol–water partition coefficient (Wildman–Crippen LogP) is 1.83. The van der Waals surface area contributed by atoms with E-state index in [2.05, 4.69) is 17.6 Å². The lowest BCUT2D eigenvalue weighted by Crippen LogP contribution is -2.49. The van der Waals surface area contributed by atoms with Crippen molar-refractivity contribution < 1.29 is 14.7 Å². The van der Waals surface area contributed by atoms with E-state index in [-0.39, 0.29) is 11.9 Å². The molecule has 18 heavy (non-hydrogen) atoms. The van der Waals surface area contributed by atoms with E-state index in [0.29, 0.717) is 12.5 Å². The van der Waals surface area contributed by atoms with Crippen molar-refractivity contribution in [1.29, 1.82) is 0 Å². The summed E-state index contributed by atoms with van der Waals surface area (Å²) in [5, 5.41) is 14.2. The van der Waals surface area contributed by atoms with Gasteiger partial charge in [0, 0.05) is 6.54 Å². The van der Waals surface area contributed by atoms with Crippen molar-refractivity contribution in [1.82, 2.24) is 10.6 Å². The number of amides is 2. The maximum Gasteiger partial charge on any atom is 0.326 e. The average Bonchev–Trinajstić information content (AvgIpc) is 2.68. The van der Waals surface area contributed by atoms with E-state index in [4.69, 9.17) is 5.11 Å². The van der Waals surface area contributed by atoms with Gasteiger partial charge in [-0.15, -0.1) is 0 Å². The maximum atomic E-state index is 11.6. The summed E-state index contributed by atoms with van der Waals surface area (Å²) in [6, 6.07) is -1.21. The van der Waals surface area contributed by atoms with Gasteiger partial charge in [0.15, 0.2) is 0 Å². The van der Waals surface area contributed by atoms with Crippen LogP contribution in [0.15, 0.2) is 0 Å². The van der Waals surface area contributed by atoms with Gasteiger partial charge in [-0.2, -0.15) is 0 Å². The van der Waals surface area contributed by atoms with E-state index in [0.717, 1.165) is 18.8 Å². The van der Waals surface area contributed by atoms with Crippen LogP contribution in [0.3, 0.4) is 0 Å². The van der Waals surface area contributed by atoms with Crippen molar-refractivity contribution in [3.63, 3.8) is 0 Å². The van der Waals surface area contributed by atoms with Gasteiger partial charge in [0.05, 0.1) is 0 Å². The van der Waals surface area contributed by atoms with E-state index in [1.807, 2.05) is 0 Å². The molecule has 0 radical (unpaired) electrons. The number of nitrogens with one attached hydrogen (secondary N) is 2. The van der Waals surface area contributed by atoms with E-state index >= 15 is 0 Å². The number of carboxylic acid groups (broad SMARTS) is 1. The van der Waals surface area contributed by atoms with Gasteiger partial charge in [-0.3, -0.25) is 0 Å². The highest BCUT2D eigenvalue weighted by atomic mass is 16.4. The Labute approximate surface area is 108 Å². The maximum absolute atomic E-state index is 11.6. The second-order valence-electron chi connectivity index (χ2n) is 5.70. The van der Waals surface area contributed by atoms with Gasteiger partial charge in [0.2, 0.25) is 0 Å². The van der Waals surface area contributed by atoms with Crippen LogP contribution in [0.4, 0.5) is 4.79 Å². The largest absolute Gasteiger partial charge is 0.480 e. The second kappa shape index (κ2) is 6.61. The molecule has 0 aromatic rings. The minimum atomic E-state index is -0.991. The molecule has 0 aromatic carbocycles. The third kappa shape index (κ3) is 4.55. The lowest BCUT2D eigenvalue weighted by atomic mass is 10.1. The lowest BCUT2D eigenvalue weighted by molar-refractivity contribution is -0.140. The van der Waals surface area contributed by atoms with Crippen LogP contribution >= 0.6 is 0 Å². The van der Waals surface area contributed by atoms with Gasteiger partial charge < -0.3 is 15.7 Å². The Morgan fingerprint density at radius 2 is 2.00 bits per heavy atom.